The Kier molecular flexibility index (Phi) is 8.04. The van der Waals surface area contributed by atoms with E-state index in [1.165, 1.54) is 82.3 Å². The molecule has 2 aliphatic carbocycles. The fraction of sp³-hybridized carbons (Fsp3) is 0.379. The molecule has 0 heterocycles. The van der Waals surface area contributed by atoms with E-state index in [0.717, 1.165) is 6.42 Å². The van der Waals surface area contributed by atoms with Crippen LogP contribution < -0.4 is 35.3 Å². The van der Waals surface area contributed by atoms with E-state index in [9.17, 15) is 0 Å². The molecule has 32 heavy (non-hydrogen) atoms. The molecule has 2 aliphatic rings. The summed E-state index contributed by atoms with van der Waals surface area (Å²) in [6, 6.07) is 9.47. The average Bonchev–Trinajstić information content (AvgIpc) is 3.26. The Morgan fingerprint density at radius 2 is 1.47 bits per heavy atom. The van der Waals surface area contributed by atoms with E-state index in [0.29, 0.717) is 0 Å². The van der Waals surface area contributed by atoms with Gasteiger partial charge in [-0.05, 0) is 0 Å². The van der Waals surface area contributed by atoms with E-state index in [-0.39, 0.29) is 35.6 Å². The van der Waals surface area contributed by atoms with Gasteiger partial charge in [0, 0.05) is 0 Å². The fourth-order valence-electron chi connectivity index (χ4n) is 5.02. The van der Waals surface area contributed by atoms with E-state index in [2.05, 4.69) is 97.9 Å². The van der Waals surface area contributed by atoms with Crippen molar-refractivity contribution in [2.75, 3.05) is 0 Å². The van der Waals surface area contributed by atoms with Gasteiger partial charge < -0.3 is 24.8 Å². The van der Waals surface area contributed by atoms with Crippen LogP contribution in [0.1, 0.15) is 84.1 Å². The Labute approximate surface area is 221 Å². The van der Waals surface area contributed by atoms with Crippen LogP contribution in [0.2, 0.25) is 0 Å². The van der Waals surface area contributed by atoms with Gasteiger partial charge in [0.2, 0.25) is 0 Å². The van der Waals surface area contributed by atoms with Gasteiger partial charge >= 0.3 is 197 Å². The van der Waals surface area contributed by atoms with Crippen LogP contribution in [0.5, 0.6) is 0 Å². The predicted octanol–water partition coefficient (Wildman–Crippen LogP) is 0.127. The van der Waals surface area contributed by atoms with Gasteiger partial charge in [0.15, 0.2) is 0 Å². The normalized spacial score (nSPS) is 14.4. The van der Waals surface area contributed by atoms with E-state index < -0.39 is 0 Å². The molecule has 0 fully saturated rings. The summed E-state index contributed by atoms with van der Waals surface area (Å²) in [5.41, 5.74) is 9.05. The molecule has 167 valence electrons. The topological polar surface area (TPSA) is 0 Å². The molecule has 0 saturated heterocycles. The van der Waals surface area contributed by atoms with Crippen LogP contribution >= 0.6 is 0 Å². The predicted molar refractivity (Wildman–Crippen MR) is 126 cm³/mol. The third-order valence-corrected chi connectivity index (χ3v) is 7.62. The zero-order chi connectivity index (χ0) is 22.0. The molecule has 0 atom stereocenters. The first-order valence-electron chi connectivity index (χ1n) is 11.0. The molecular weight excluding hydrogens is 510 g/mol. The van der Waals surface area contributed by atoms with Crippen molar-refractivity contribution in [3.8, 4) is 0 Å². The summed E-state index contributed by atoms with van der Waals surface area (Å²) < 4.78 is 1.53. The van der Waals surface area contributed by atoms with Crippen molar-refractivity contribution < 1.29 is 49.5 Å². The van der Waals surface area contributed by atoms with Crippen LogP contribution in [-0.4, -0.2) is 0 Å². The number of halogens is 2. The molecule has 0 unspecified atom stereocenters. The maximum absolute atomic E-state index is 2.52. The summed E-state index contributed by atoms with van der Waals surface area (Å²) in [5.74, 6) is 0. The van der Waals surface area contributed by atoms with E-state index in [1.807, 2.05) is 0 Å². The Morgan fingerprint density at radius 3 is 1.97 bits per heavy atom. The van der Waals surface area contributed by atoms with Gasteiger partial charge in [-0.1, -0.05) is 0 Å². The SMILES string of the molecule is CC(C)=c1c(C(C)(C)C)cc2c(c1C1=CC=CC1)[C]([Zr+2])=c1c(C(C)(C)C)cccc1=2.[Cl-].[Cl-]. The molecule has 0 radical (unpaired) electrons. The third kappa shape index (κ3) is 4.43. The van der Waals surface area contributed by atoms with Crippen molar-refractivity contribution in [2.45, 2.75) is 72.6 Å². The zero-order valence-electron chi connectivity index (χ0n) is 20.5. The van der Waals surface area contributed by atoms with Gasteiger partial charge in [0.25, 0.3) is 0 Å². The smallest absolute Gasteiger partial charge is 1.00 e. The molecule has 0 aliphatic heterocycles. The van der Waals surface area contributed by atoms with Crippen LogP contribution in [-0.2, 0) is 35.5 Å². The van der Waals surface area contributed by atoms with Crippen LogP contribution in [0.25, 0.3) is 14.4 Å². The van der Waals surface area contributed by atoms with Gasteiger partial charge in [-0.15, -0.1) is 0 Å². The van der Waals surface area contributed by atoms with Crippen molar-refractivity contribution in [2.24, 2.45) is 0 Å². The van der Waals surface area contributed by atoms with Gasteiger partial charge in [0.1, 0.15) is 0 Å². The van der Waals surface area contributed by atoms with Gasteiger partial charge in [0.05, 0.1) is 0 Å². The summed E-state index contributed by atoms with van der Waals surface area (Å²) in [5, 5.41) is 5.85. The summed E-state index contributed by atoms with van der Waals surface area (Å²) in [6.07, 6.45) is 7.90. The third-order valence-electron chi connectivity index (χ3n) is 6.39. The molecule has 4 rings (SSSR count). The van der Waals surface area contributed by atoms with Gasteiger partial charge in [-0.3, -0.25) is 0 Å². The Morgan fingerprint density at radius 1 is 0.844 bits per heavy atom. The van der Waals surface area contributed by atoms with E-state index >= 15 is 0 Å². The second-order valence-electron chi connectivity index (χ2n) is 11.0. The molecule has 3 heteroatoms. The van der Waals surface area contributed by atoms with Crippen LogP contribution in [0, 0.1) is 10.4 Å². The summed E-state index contributed by atoms with van der Waals surface area (Å²) in [4.78, 5) is 0. The van der Waals surface area contributed by atoms with Crippen molar-refractivity contribution in [1.29, 1.82) is 0 Å². The first-order chi connectivity index (χ1) is 13.9. The largest absolute Gasteiger partial charge is 1.00 e. The number of fused-ring (bicyclic) bond motifs is 2. The molecule has 0 bridgehead atoms. The van der Waals surface area contributed by atoms with Crippen molar-refractivity contribution >= 4 is 14.4 Å². The molecule has 0 saturated carbocycles. The van der Waals surface area contributed by atoms with Gasteiger partial charge in [-0.2, -0.15) is 0 Å². The fourth-order valence-corrected chi connectivity index (χ4v) is 6.32. The number of hydrogen-bond acceptors (Lipinski definition) is 0. The summed E-state index contributed by atoms with van der Waals surface area (Å²) in [6.45, 7) is 18.7. The monoisotopic (exact) mass is 541 g/mol. The molecule has 0 amide bonds. The summed E-state index contributed by atoms with van der Waals surface area (Å²) >= 11 is 1.51. The Bertz CT molecular complexity index is 1340. The first-order valence-corrected chi connectivity index (χ1v) is 12.3. The summed E-state index contributed by atoms with van der Waals surface area (Å²) in [7, 11) is 0. The molecule has 0 spiro atoms. The number of allylic oxidation sites excluding steroid dienone is 4. The standard InChI is InChI=1S/C29H33.2ClH.Zr/c1-18(2)26-25(29(6,7)8)17-21-20-14-11-15-24(28(3,4)5)22(20)16-23(21)27(26)19-12-9-10-13-19;;;/h9-12,14-15,17H,13H2,1-8H3;2*1H;/q;;;+2/p-2. The first kappa shape index (κ1) is 27.4. The van der Waals surface area contributed by atoms with Crippen LogP contribution in [0.3, 0.4) is 0 Å². The van der Waals surface area contributed by atoms with Crippen molar-refractivity contribution in [3.63, 3.8) is 0 Å². The quantitative estimate of drug-likeness (QED) is 0.480. The maximum atomic E-state index is 2.52. The number of benzene rings is 2. The number of rotatable bonds is 1. The Hall–Kier alpha value is -0.877. The maximum Gasteiger partial charge on any atom is -1.00 e. The van der Waals surface area contributed by atoms with Gasteiger partial charge in [-0.25, -0.2) is 0 Å². The minimum absolute atomic E-state index is 0. The van der Waals surface area contributed by atoms with Crippen molar-refractivity contribution in [1.82, 2.24) is 0 Å². The minimum Gasteiger partial charge on any atom is -1.00 e. The van der Waals surface area contributed by atoms with Crippen LogP contribution in [0.4, 0.5) is 0 Å². The molecule has 0 nitrogen and oxygen atoms in total. The van der Waals surface area contributed by atoms with Crippen molar-refractivity contribution in [3.05, 3.63) is 85.6 Å². The zero-order valence-corrected chi connectivity index (χ0v) is 24.5. The minimum atomic E-state index is 0. The number of hydrogen-bond donors (Lipinski definition) is 0. The van der Waals surface area contributed by atoms with E-state index in [4.69, 9.17) is 0 Å². The molecular formula is C29H33Cl2Zr. The average molecular weight is 544 g/mol. The second kappa shape index (κ2) is 9.40. The molecule has 0 N–H and O–H groups in total. The molecule has 2 aromatic rings. The van der Waals surface area contributed by atoms with Crippen LogP contribution in [0.15, 0.2) is 42.5 Å². The molecule has 2 aromatic carbocycles. The van der Waals surface area contributed by atoms with E-state index in [1.54, 1.807) is 0 Å². The second-order valence-corrected chi connectivity index (χ2v) is 12.3. The molecule has 0 aromatic heterocycles. The Balaban J connectivity index is 0.00000181.